The first-order chi connectivity index (χ1) is 7.54. The van der Waals surface area contributed by atoms with E-state index in [-0.39, 0.29) is 0 Å². The van der Waals surface area contributed by atoms with E-state index in [0.29, 0.717) is 16.9 Å². The Balaban J connectivity index is 1.79. The summed E-state index contributed by atoms with van der Waals surface area (Å²) in [4.78, 5) is 4.57. The predicted octanol–water partition coefficient (Wildman–Crippen LogP) is 2.98. The zero-order chi connectivity index (χ0) is 11.4. The van der Waals surface area contributed by atoms with E-state index in [4.69, 9.17) is 0 Å². The Hall–Kier alpha value is -0.530. The second-order valence-electron chi connectivity index (χ2n) is 6.74. The fraction of sp³-hybridized carbons (Fsp3) is 0.929. The van der Waals surface area contributed by atoms with Gasteiger partial charge in [0.1, 0.15) is 0 Å². The molecule has 2 heteroatoms. The molecule has 3 atom stereocenters. The van der Waals surface area contributed by atoms with E-state index in [1.54, 1.807) is 0 Å². The number of hydrogen-bond acceptors (Lipinski definition) is 2. The molecule has 0 saturated heterocycles. The Morgan fingerprint density at radius 1 is 1.31 bits per heavy atom. The molecule has 16 heavy (non-hydrogen) atoms. The minimum Gasteiger partial charge on any atom is -0.371 e. The Kier molecular flexibility index (Phi) is 2.15. The van der Waals surface area contributed by atoms with Crippen molar-refractivity contribution in [3.8, 4) is 0 Å². The van der Waals surface area contributed by atoms with Gasteiger partial charge in [0.15, 0.2) is 0 Å². The maximum Gasteiger partial charge on any atom is 0.0966 e. The third-order valence-electron chi connectivity index (χ3n) is 6.01. The maximum absolute atomic E-state index is 4.57. The lowest BCUT2D eigenvalue weighted by atomic mass is 9.69. The van der Waals surface area contributed by atoms with Crippen LogP contribution in [0.3, 0.4) is 0 Å². The number of aliphatic imine (C=N–C) groups is 1. The van der Waals surface area contributed by atoms with Crippen LogP contribution >= 0.6 is 0 Å². The van der Waals surface area contributed by atoms with E-state index in [9.17, 15) is 0 Å². The molecular weight excluding hydrogens is 196 g/mol. The first kappa shape index (κ1) is 10.6. The van der Waals surface area contributed by atoms with E-state index < -0.39 is 0 Å². The van der Waals surface area contributed by atoms with Crippen LogP contribution in [0.5, 0.6) is 0 Å². The molecule has 0 aromatic heterocycles. The van der Waals surface area contributed by atoms with Gasteiger partial charge in [0.2, 0.25) is 0 Å². The van der Waals surface area contributed by atoms with Crippen LogP contribution < -0.4 is 5.32 Å². The van der Waals surface area contributed by atoms with Crippen molar-refractivity contribution in [2.45, 2.75) is 58.9 Å². The lowest BCUT2D eigenvalue weighted by molar-refractivity contribution is 0.129. The van der Waals surface area contributed by atoms with E-state index in [1.807, 2.05) is 0 Å². The van der Waals surface area contributed by atoms with Crippen LogP contribution in [0.2, 0.25) is 0 Å². The molecule has 90 valence electrons. The van der Waals surface area contributed by atoms with Crippen molar-refractivity contribution in [3.05, 3.63) is 0 Å². The van der Waals surface area contributed by atoms with Crippen LogP contribution in [0.4, 0.5) is 0 Å². The highest BCUT2D eigenvalue weighted by molar-refractivity contribution is 5.84. The topological polar surface area (TPSA) is 24.4 Å². The van der Waals surface area contributed by atoms with Crippen molar-refractivity contribution >= 4 is 5.84 Å². The molecular formula is C14H24N2. The standard InChI is InChI=1S/C14H24N2/c1-13(2)10-6-7-14(13,3)11(9-10)16-12-5-4-8-15-12/h10-11H,4-9H2,1-3H3,(H,15,16)/t10-,11+,14-/m0/s1. The molecule has 0 aromatic rings. The second-order valence-corrected chi connectivity index (χ2v) is 6.74. The van der Waals surface area contributed by atoms with Crippen LogP contribution in [0, 0.1) is 16.7 Å². The SMILES string of the molecule is CC1(C)[C@H]2CC[C@@]1(C)[C@H](NC1=NCCC1)C2. The number of fused-ring (bicyclic) bond motifs is 2. The normalized spacial score (nSPS) is 44.8. The number of nitrogens with one attached hydrogen (secondary N) is 1. The lowest BCUT2D eigenvalue weighted by Gasteiger charge is -2.39. The Labute approximate surface area is 98.9 Å². The van der Waals surface area contributed by atoms with Crippen molar-refractivity contribution in [3.63, 3.8) is 0 Å². The van der Waals surface area contributed by atoms with Crippen molar-refractivity contribution in [2.75, 3.05) is 6.54 Å². The van der Waals surface area contributed by atoms with Gasteiger partial charge in [-0.05, 0) is 42.4 Å². The summed E-state index contributed by atoms with van der Waals surface area (Å²) in [6.45, 7) is 8.48. The summed E-state index contributed by atoms with van der Waals surface area (Å²) in [5.74, 6) is 2.21. The fourth-order valence-electron chi connectivity index (χ4n) is 4.28. The predicted molar refractivity (Wildman–Crippen MR) is 67.7 cm³/mol. The molecule has 2 nitrogen and oxygen atoms in total. The van der Waals surface area contributed by atoms with E-state index in [2.05, 4.69) is 31.1 Å². The van der Waals surface area contributed by atoms with Gasteiger partial charge >= 0.3 is 0 Å². The summed E-state index contributed by atoms with van der Waals surface area (Å²) >= 11 is 0. The molecule has 1 aliphatic heterocycles. The van der Waals surface area contributed by atoms with Crippen LogP contribution in [-0.2, 0) is 0 Å². The summed E-state index contributed by atoms with van der Waals surface area (Å²) in [6, 6.07) is 0.679. The number of hydrogen-bond donors (Lipinski definition) is 1. The fourth-order valence-corrected chi connectivity index (χ4v) is 4.28. The summed E-state index contributed by atoms with van der Waals surface area (Å²) in [7, 11) is 0. The van der Waals surface area contributed by atoms with Gasteiger partial charge in [0.05, 0.1) is 5.84 Å². The van der Waals surface area contributed by atoms with Crippen LogP contribution in [0.15, 0.2) is 4.99 Å². The molecule has 3 aliphatic rings. The second kappa shape index (κ2) is 3.24. The van der Waals surface area contributed by atoms with Gasteiger partial charge in [-0.1, -0.05) is 20.8 Å². The van der Waals surface area contributed by atoms with Gasteiger partial charge in [0.25, 0.3) is 0 Å². The molecule has 3 rings (SSSR count). The number of nitrogens with zero attached hydrogens (tertiary/aromatic N) is 1. The highest BCUT2D eigenvalue weighted by atomic mass is 15.1. The maximum atomic E-state index is 4.57. The van der Waals surface area contributed by atoms with Crippen LogP contribution in [0.25, 0.3) is 0 Å². The molecule has 2 saturated carbocycles. The first-order valence-electron chi connectivity index (χ1n) is 6.84. The molecule has 2 bridgehead atoms. The molecule has 0 unspecified atom stereocenters. The quantitative estimate of drug-likeness (QED) is 0.722. The van der Waals surface area contributed by atoms with Crippen molar-refractivity contribution in [1.82, 2.24) is 5.32 Å². The Bertz CT molecular complexity index is 332. The minimum absolute atomic E-state index is 0.489. The molecule has 2 fully saturated rings. The summed E-state index contributed by atoms with van der Waals surface area (Å²) in [5, 5.41) is 3.76. The first-order valence-corrected chi connectivity index (χ1v) is 6.84. The molecule has 0 radical (unpaired) electrons. The summed E-state index contributed by atoms with van der Waals surface area (Å²) in [5.41, 5.74) is 1.01. The minimum atomic E-state index is 0.489. The lowest BCUT2D eigenvalue weighted by Crippen LogP contribution is -2.46. The van der Waals surface area contributed by atoms with Crippen LogP contribution in [-0.4, -0.2) is 18.4 Å². The van der Waals surface area contributed by atoms with Gasteiger partial charge in [-0.3, -0.25) is 4.99 Å². The van der Waals surface area contributed by atoms with Crippen LogP contribution in [0.1, 0.15) is 52.9 Å². The average Bonchev–Trinajstić information content (AvgIpc) is 2.84. The molecule has 0 spiro atoms. The zero-order valence-corrected chi connectivity index (χ0v) is 10.8. The third kappa shape index (κ3) is 1.22. The van der Waals surface area contributed by atoms with Crippen molar-refractivity contribution < 1.29 is 0 Å². The monoisotopic (exact) mass is 220 g/mol. The largest absolute Gasteiger partial charge is 0.371 e. The highest BCUT2D eigenvalue weighted by Crippen LogP contribution is 2.65. The third-order valence-corrected chi connectivity index (χ3v) is 6.01. The van der Waals surface area contributed by atoms with Gasteiger partial charge in [-0.25, -0.2) is 0 Å². The molecule has 1 heterocycles. The molecule has 0 aromatic carbocycles. The zero-order valence-electron chi connectivity index (χ0n) is 10.8. The van der Waals surface area contributed by atoms with Gasteiger partial charge in [-0.15, -0.1) is 0 Å². The average molecular weight is 220 g/mol. The molecule has 1 N–H and O–H groups in total. The molecule has 2 aliphatic carbocycles. The van der Waals surface area contributed by atoms with Crippen molar-refractivity contribution in [2.24, 2.45) is 21.7 Å². The smallest absolute Gasteiger partial charge is 0.0966 e. The summed E-state index contributed by atoms with van der Waals surface area (Å²) in [6.07, 6.45) is 6.63. The molecule has 0 amide bonds. The van der Waals surface area contributed by atoms with E-state index in [0.717, 1.165) is 12.5 Å². The Morgan fingerprint density at radius 2 is 2.12 bits per heavy atom. The van der Waals surface area contributed by atoms with Gasteiger partial charge in [0, 0.05) is 19.0 Å². The van der Waals surface area contributed by atoms with Crippen molar-refractivity contribution in [1.29, 1.82) is 0 Å². The van der Waals surface area contributed by atoms with E-state index >= 15 is 0 Å². The Morgan fingerprint density at radius 3 is 2.62 bits per heavy atom. The number of amidine groups is 1. The van der Waals surface area contributed by atoms with E-state index in [1.165, 1.54) is 37.9 Å². The summed E-state index contributed by atoms with van der Waals surface area (Å²) < 4.78 is 0. The van der Waals surface area contributed by atoms with Gasteiger partial charge < -0.3 is 5.32 Å². The number of rotatable bonds is 1. The van der Waals surface area contributed by atoms with Gasteiger partial charge in [-0.2, -0.15) is 0 Å². The highest BCUT2D eigenvalue weighted by Gasteiger charge is 2.61.